The van der Waals surface area contributed by atoms with Gasteiger partial charge in [-0.05, 0) is 24.0 Å². The zero-order chi connectivity index (χ0) is 21.4. The molecule has 0 saturated carbocycles. The maximum absolute atomic E-state index is 12.5. The summed E-state index contributed by atoms with van der Waals surface area (Å²) in [4.78, 5) is 13.4. The average Bonchev–Trinajstić information content (AvgIpc) is 3.02. The van der Waals surface area contributed by atoms with E-state index >= 15 is 0 Å². The van der Waals surface area contributed by atoms with Crippen LogP contribution in [0.4, 0.5) is 19.0 Å². The minimum Gasteiger partial charge on any atom is -0.438 e. The van der Waals surface area contributed by atoms with Crippen molar-refractivity contribution in [3.8, 4) is 11.8 Å². The predicted octanol–water partition coefficient (Wildman–Crippen LogP) is 2.21. The number of nitro groups is 1. The van der Waals surface area contributed by atoms with Crippen molar-refractivity contribution in [3.05, 3.63) is 40.6 Å². The number of imidazole rings is 1. The number of nitrogens with one attached hydrogen (secondary N) is 1. The van der Waals surface area contributed by atoms with Crippen molar-refractivity contribution in [1.82, 2.24) is 14.3 Å². The SMILES string of the molecule is CC1(CNS(=O)(=O)c2cccc(OC(F)(F)F)c2)CCn2cc([N+](=O)[O-])nc2O1. The van der Waals surface area contributed by atoms with Gasteiger partial charge in [0.25, 0.3) is 0 Å². The summed E-state index contributed by atoms with van der Waals surface area (Å²) in [6.45, 7) is 1.66. The van der Waals surface area contributed by atoms with Crippen LogP contribution in [0.1, 0.15) is 13.3 Å². The Labute approximate surface area is 162 Å². The van der Waals surface area contributed by atoms with E-state index in [1.54, 1.807) is 6.92 Å². The lowest BCUT2D eigenvalue weighted by Crippen LogP contribution is -2.48. The molecular formula is C15H15F3N4O6S. The highest BCUT2D eigenvalue weighted by Gasteiger charge is 2.38. The molecule has 3 rings (SSSR count). The number of alkyl halides is 3. The Balaban J connectivity index is 1.71. The third kappa shape index (κ3) is 4.95. The summed E-state index contributed by atoms with van der Waals surface area (Å²) in [5.41, 5.74) is -1.07. The van der Waals surface area contributed by atoms with Gasteiger partial charge in [-0.1, -0.05) is 6.07 Å². The standard InChI is InChI=1S/C15H15F3N4O6S/c1-14(5-6-21-8-12(22(23)24)20-13(21)28-14)9-19-29(25,26)11-4-2-3-10(7-11)27-15(16,17)18/h2-4,7-8,19H,5-6,9H2,1H3. The Morgan fingerprint density at radius 1 is 1.45 bits per heavy atom. The Morgan fingerprint density at radius 2 is 2.17 bits per heavy atom. The quantitative estimate of drug-likeness (QED) is 0.544. The van der Waals surface area contributed by atoms with Crippen LogP contribution in [0.15, 0.2) is 35.4 Å². The molecular weight excluding hydrogens is 421 g/mol. The summed E-state index contributed by atoms with van der Waals surface area (Å²) in [5.74, 6) is -1.07. The van der Waals surface area contributed by atoms with Crippen LogP contribution in [0, 0.1) is 10.1 Å². The van der Waals surface area contributed by atoms with Crippen LogP contribution < -0.4 is 14.2 Å². The van der Waals surface area contributed by atoms with Gasteiger partial charge in [0, 0.05) is 24.0 Å². The van der Waals surface area contributed by atoms with Gasteiger partial charge in [-0.3, -0.25) is 4.57 Å². The van der Waals surface area contributed by atoms with Gasteiger partial charge in [0.2, 0.25) is 10.0 Å². The molecule has 0 spiro atoms. The third-order valence-corrected chi connectivity index (χ3v) is 5.52. The number of benzene rings is 1. The lowest BCUT2D eigenvalue weighted by Gasteiger charge is -2.32. The summed E-state index contributed by atoms with van der Waals surface area (Å²) in [5, 5.41) is 10.8. The van der Waals surface area contributed by atoms with E-state index < -0.39 is 43.4 Å². The van der Waals surface area contributed by atoms with E-state index in [2.05, 4.69) is 14.4 Å². The monoisotopic (exact) mass is 436 g/mol. The number of nitrogens with zero attached hydrogens (tertiary/aromatic N) is 3. The van der Waals surface area contributed by atoms with E-state index in [0.717, 1.165) is 24.3 Å². The van der Waals surface area contributed by atoms with Crippen LogP contribution in [0.3, 0.4) is 0 Å². The Bertz CT molecular complexity index is 1040. The molecule has 14 heteroatoms. The lowest BCUT2D eigenvalue weighted by atomic mass is 10.0. The van der Waals surface area contributed by atoms with Crippen LogP contribution in [-0.2, 0) is 16.6 Å². The first-order chi connectivity index (χ1) is 13.4. The maximum Gasteiger partial charge on any atom is 0.573 e. The average molecular weight is 436 g/mol. The Hall–Kier alpha value is -2.87. The molecule has 0 fully saturated rings. The molecule has 0 amide bonds. The first-order valence-corrected chi connectivity index (χ1v) is 9.61. The second-order valence-electron chi connectivity index (χ2n) is 6.48. The van der Waals surface area contributed by atoms with Gasteiger partial charge < -0.3 is 19.6 Å². The highest BCUT2D eigenvalue weighted by molar-refractivity contribution is 7.89. The van der Waals surface area contributed by atoms with E-state index in [1.165, 1.54) is 10.8 Å². The van der Waals surface area contributed by atoms with E-state index in [1.807, 2.05) is 0 Å². The Kier molecular flexibility index (Phi) is 5.17. The van der Waals surface area contributed by atoms with Crippen molar-refractivity contribution in [1.29, 1.82) is 0 Å². The van der Waals surface area contributed by atoms with Gasteiger partial charge >= 0.3 is 18.2 Å². The summed E-state index contributed by atoms with van der Waals surface area (Å²) >= 11 is 0. The fourth-order valence-electron chi connectivity index (χ4n) is 2.64. The number of fused-ring (bicyclic) bond motifs is 1. The van der Waals surface area contributed by atoms with Gasteiger partial charge in [0.1, 0.15) is 17.5 Å². The molecule has 1 aromatic carbocycles. The van der Waals surface area contributed by atoms with Gasteiger partial charge in [0.05, 0.1) is 11.4 Å². The van der Waals surface area contributed by atoms with E-state index in [-0.39, 0.29) is 12.6 Å². The molecule has 2 aromatic rings. The molecule has 10 nitrogen and oxygen atoms in total. The summed E-state index contributed by atoms with van der Waals surface area (Å²) in [6.07, 6.45) is -3.43. The second kappa shape index (κ2) is 7.18. The number of halogens is 3. The van der Waals surface area contributed by atoms with E-state index in [4.69, 9.17) is 4.74 Å². The van der Waals surface area contributed by atoms with Crippen LogP contribution in [0.5, 0.6) is 11.8 Å². The molecule has 1 atom stereocenters. The number of hydrogen-bond donors (Lipinski definition) is 1. The van der Waals surface area contributed by atoms with Gasteiger partial charge in [-0.2, -0.15) is 0 Å². The third-order valence-electron chi connectivity index (χ3n) is 4.12. The molecule has 158 valence electrons. The fraction of sp³-hybridized carbons (Fsp3) is 0.400. The molecule has 1 aliphatic heterocycles. The molecule has 0 saturated heterocycles. The van der Waals surface area contributed by atoms with Crippen molar-refractivity contribution in [2.24, 2.45) is 0 Å². The Morgan fingerprint density at radius 3 is 2.83 bits per heavy atom. The van der Waals surface area contributed by atoms with E-state index in [0.29, 0.717) is 13.0 Å². The van der Waals surface area contributed by atoms with Crippen LogP contribution in [0.25, 0.3) is 0 Å². The maximum atomic E-state index is 12.5. The predicted molar refractivity (Wildman–Crippen MR) is 90.8 cm³/mol. The first-order valence-electron chi connectivity index (χ1n) is 8.13. The fourth-order valence-corrected chi connectivity index (χ4v) is 3.83. The second-order valence-corrected chi connectivity index (χ2v) is 8.25. The number of ether oxygens (including phenoxy) is 2. The minimum absolute atomic E-state index is 0.0229. The number of aromatic nitrogens is 2. The van der Waals surface area contributed by atoms with Crippen molar-refractivity contribution in [3.63, 3.8) is 0 Å². The van der Waals surface area contributed by atoms with Crippen molar-refractivity contribution >= 4 is 15.8 Å². The topological polar surface area (TPSA) is 126 Å². The molecule has 0 aliphatic carbocycles. The number of aryl methyl sites for hydroxylation is 1. The molecule has 1 aliphatic rings. The van der Waals surface area contributed by atoms with Crippen LogP contribution in [0.2, 0.25) is 0 Å². The molecule has 1 aromatic heterocycles. The van der Waals surface area contributed by atoms with Crippen molar-refractivity contribution < 1.29 is 36.0 Å². The first kappa shape index (κ1) is 20.9. The molecule has 1 N–H and O–H groups in total. The number of sulfonamides is 1. The highest BCUT2D eigenvalue weighted by Crippen LogP contribution is 2.30. The minimum atomic E-state index is -4.95. The normalized spacial score (nSPS) is 19.3. The molecule has 1 unspecified atom stereocenters. The number of hydrogen-bond acceptors (Lipinski definition) is 7. The zero-order valence-electron chi connectivity index (χ0n) is 14.8. The van der Waals surface area contributed by atoms with Crippen LogP contribution in [-0.4, -0.2) is 41.4 Å². The van der Waals surface area contributed by atoms with E-state index in [9.17, 15) is 31.7 Å². The van der Waals surface area contributed by atoms with Gasteiger partial charge in [0.15, 0.2) is 0 Å². The summed E-state index contributed by atoms with van der Waals surface area (Å²) in [7, 11) is -4.17. The van der Waals surface area contributed by atoms with Gasteiger partial charge in [-0.25, -0.2) is 13.1 Å². The molecule has 2 heterocycles. The van der Waals surface area contributed by atoms with Crippen molar-refractivity contribution in [2.75, 3.05) is 6.54 Å². The van der Waals surface area contributed by atoms with Crippen LogP contribution >= 0.6 is 0 Å². The largest absolute Gasteiger partial charge is 0.573 e. The summed E-state index contributed by atoms with van der Waals surface area (Å²) in [6, 6.07) is 3.93. The summed E-state index contributed by atoms with van der Waals surface area (Å²) < 4.78 is 75.0. The van der Waals surface area contributed by atoms with Gasteiger partial charge in [-0.15, -0.1) is 13.2 Å². The molecule has 0 bridgehead atoms. The zero-order valence-corrected chi connectivity index (χ0v) is 15.7. The lowest BCUT2D eigenvalue weighted by molar-refractivity contribution is -0.389. The molecule has 29 heavy (non-hydrogen) atoms. The molecule has 0 radical (unpaired) electrons. The smallest absolute Gasteiger partial charge is 0.438 e. The highest BCUT2D eigenvalue weighted by atomic mass is 32.2. The van der Waals surface area contributed by atoms with Crippen molar-refractivity contribution in [2.45, 2.75) is 36.7 Å². The number of rotatable bonds is 6.